The SMILES string of the molecule is Cc1ccc(OCc2nc(CC(=O)N(C)CC(=O)Nc3cccc(C)c3C)cs2)cc1. The van der Waals surface area contributed by atoms with Gasteiger partial charge in [0.25, 0.3) is 0 Å². The summed E-state index contributed by atoms with van der Waals surface area (Å²) in [6.07, 6.45) is 0.147. The summed E-state index contributed by atoms with van der Waals surface area (Å²) in [4.78, 5) is 30.8. The van der Waals surface area contributed by atoms with Crippen molar-refractivity contribution in [3.8, 4) is 5.75 Å². The largest absolute Gasteiger partial charge is 0.486 e. The van der Waals surface area contributed by atoms with Crippen LogP contribution in [0.15, 0.2) is 47.8 Å². The lowest BCUT2D eigenvalue weighted by Gasteiger charge is -2.17. The number of likely N-dealkylation sites (N-methyl/N-ethyl adjacent to an activating group) is 1. The number of ether oxygens (including phenoxy) is 1. The number of carbonyl (C=O) groups excluding carboxylic acids is 2. The van der Waals surface area contributed by atoms with E-state index in [9.17, 15) is 9.59 Å². The molecule has 3 rings (SSSR count). The molecule has 0 bridgehead atoms. The van der Waals surface area contributed by atoms with Crippen LogP contribution in [0.4, 0.5) is 5.69 Å². The molecule has 0 aliphatic carbocycles. The third-order valence-electron chi connectivity index (χ3n) is 5.00. The van der Waals surface area contributed by atoms with Crippen LogP contribution in [0.2, 0.25) is 0 Å². The number of aromatic nitrogens is 1. The van der Waals surface area contributed by atoms with Crippen LogP contribution in [-0.2, 0) is 22.6 Å². The highest BCUT2D eigenvalue weighted by Crippen LogP contribution is 2.18. The first-order chi connectivity index (χ1) is 14.8. The number of hydrogen-bond donors (Lipinski definition) is 1. The van der Waals surface area contributed by atoms with E-state index in [0.717, 1.165) is 27.6 Å². The first-order valence-electron chi connectivity index (χ1n) is 10.0. The average Bonchev–Trinajstić information content (AvgIpc) is 3.18. The van der Waals surface area contributed by atoms with Crippen molar-refractivity contribution in [2.24, 2.45) is 0 Å². The van der Waals surface area contributed by atoms with Crippen LogP contribution in [0.25, 0.3) is 0 Å². The minimum atomic E-state index is -0.227. The van der Waals surface area contributed by atoms with Crippen LogP contribution in [0.5, 0.6) is 5.75 Å². The molecule has 2 aromatic carbocycles. The lowest BCUT2D eigenvalue weighted by atomic mass is 10.1. The van der Waals surface area contributed by atoms with Crippen LogP contribution in [0.1, 0.15) is 27.4 Å². The van der Waals surface area contributed by atoms with Gasteiger partial charge in [0.15, 0.2) is 0 Å². The molecule has 2 amide bonds. The number of carbonyl (C=O) groups is 2. The van der Waals surface area contributed by atoms with Gasteiger partial charge in [-0.3, -0.25) is 9.59 Å². The molecule has 0 saturated heterocycles. The maximum absolute atomic E-state index is 12.5. The molecule has 6 nitrogen and oxygen atoms in total. The molecule has 0 fully saturated rings. The highest BCUT2D eigenvalue weighted by atomic mass is 32.1. The number of rotatable bonds is 8. The summed E-state index contributed by atoms with van der Waals surface area (Å²) in [7, 11) is 1.62. The summed E-state index contributed by atoms with van der Waals surface area (Å²) in [5.74, 6) is 0.399. The van der Waals surface area contributed by atoms with Crippen molar-refractivity contribution in [1.82, 2.24) is 9.88 Å². The number of benzene rings is 2. The fourth-order valence-corrected chi connectivity index (χ4v) is 3.65. The molecule has 0 aliphatic heterocycles. The van der Waals surface area contributed by atoms with Crippen molar-refractivity contribution in [3.63, 3.8) is 0 Å². The Morgan fingerprint density at radius 1 is 1.10 bits per heavy atom. The molecule has 0 aliphatic rings. The van der Waals surface area contributed by atoms with E-state index in [1.807, 2.05) is 68.6 Å². The van der Waals surface area contributed by atoms with E-state index in [4.69, 9.17) is 4.74 Å². The van der Waals surface area contributed by atoms with Gasteiger partial charge in [-0.1, -0.05) is 29.8 Å². The predicted octanol–water partition coefficient (Wildman–Crippen LogP) is 4.29. The predicted molar refractivity (Wildman–Crippen MR) is 124 cm³/mol. The Morgan fingerprint density at radius 2 is 1.84 bits per heavy atom. The Balaban J connectivity index is 1.48. The van der Waals surface area contributed by atoms with Crippen molar-refractivity contribution in [2.45, 2.75) is 33.8 Å². The van der Waals surface area contributed by atoms with Crippen molar-refractivity contribution < 1.29 is 14.3 Å². The van der Waals surface area contributed by atoms with Gasteiger partial charge in [0, 0.05) is 18.1 Å². The molecule has 1 aromatic heterocycles. The Morgan fingerprint density at radius 3 is 2.58 bits per heavy atom. The number of nitrogens with one attached hydrogen (secondary N) is 1. The molecule has 0 spiro atoms. The van der Waals surface area contributed by atoms with E-state index < -0.39 is 0 Å². The van der Waals surface area contributed by atoms with Gasteiger partial charge in [-0.25, -0.2) is 4.98 Å². The lowest BCUT2D eigenvalue weighted by Crippen LogP contribution is -2.36. The minimum Gasteiger partial charge on any atom is -0.486 e. The average molecular weight is 438 g/mol. The molecule has 162 valence electrons. The quantitative estimate of drug-likeness (QED) is 0.571. The van der Waals surface area contributed by atoms with Gasteiger partial charge in [0.1, 0.15) is 17.4 Å². The summed E-state index contributed by atoms with van der Waals surface area (Å²) >= 11 is 1.46. The van der Waals surface area contributed by atoms with Crippen LogP contribution >= 0.6 is 11.3 Å². The van der Waals surface area contributed by atoms with E-state index in [2.05, 4.69) is 10.3 Å². The minimum absolute atomic E-state index is 0.0141. The summed E-state index contributed by atoms with van der Waals surface area (Å²) in [6, 6.07) is 13.6. The number of hydrogen-bond acceptors (Lipinski definition) is 5. The van der Waals surface area contributed by atoms with Crippen molar-refractivity contribution in [2.75, 3.05) is 18.9 Å². The zero-order valence-corrected chi connectivity index (χ0v) is 19.1. The van der Waals surface area contributed by atoms with Crippen LogP contribution in [-0.4, -0.2) is 35.3 Å². The number of anilines is 1. The monoisotopic (exact) mass is 437 g/mol. The molecule has 1 heterocycles. The molecular formula is C24H27N3O3S. The number of thiazole rings is 1. The second kappa shape index (κ2) is 10.2. The normalized spacial score (nSPS) is 10.6. The molecule has 7 heteroatoms. The zero-order valence-electron chi connectivity index (χ0n) is 18.3. The summed E-state index contributed by atoms with van der Waals surface area (Å²) in [6.45, 7) is 6.32. The third-order valence-corrected chi connectivity index (χ3v) is 5.87. The Bertz CT molecular complexity index is 1060. The highest BCUT2D eigenvalue weighted by Gasteiger charge is 2.16. The second-order valence-electron chi connectivity index (χ2n) is 7.56. The standard InChI is InChI=1S/C24H27N3O3S/c1-16-8-10-20(11-9-16)30-14-23-25-19(15-31-23)12-24(29)27(4)13-22(28)26-21-7-5-6-17(2)18(21)3/h5-11,15H,12-14H2,1-4H3,(H,26,28). The molecule has 0 saturated carbocycles. The molecule has 0 unspecified atom stereocenters. The molecular weight excluding hydrogens is 410 g/mol. The fourth-order valence-electron chi connectivity index (χ4n) is 2.95. The Hall–Kier alpha value is -3.19. The van der Waals surface area contributed by atoms with E-state index in [1.54, 1.807) is 7.05 Å². The van der Waals surface area contributed by atoms with E-state index >= 15 is 0 Å². The van der Waals surface area contributed by atoms with Crippen molar-refractivity contribution in [1.29, 1.82) is 0 Å². The first-order valence-corrected chi connectivity index (χ1v) is 10.9. The van der Waals surface area contributed by atoms with Crippen molar-refractivity contribution in [3.05, 3.63) is 75.2 Å². The van der Waals surface area contributed by atoms with Gasteiger partial charge < -0.3 is 15.0 Å². The Kier molecular flexibility index (Phi) is 7.41. The van der Waals surface area contributed by atoms with Crippen LogP contribution in [0, 0.1) is 20.8 Å². The summed E-state index contributed by atoms with van der Waals surface area (Å²) < 4.78 is 5.74. The molecule has 1 N–H and O–H groups in total. The van der Waals surface area contributed by atoms with E-state index in [0.29, 0.717) is 12.3 Å². The topological polar surface area (TPSA) is 71.5 Å². The van der Waals surface area contributed by atoms with Gasteiger partial charge >= 0.3 is 0 Å². The molecule has 31 heavy (non-hydrogen) atoms. The highest BCUT2D eigenvalue weighted by molar-refractivity contribution is 7.09. The van der Waals surface area contributed by atoms with E-state index in [-0.39, 0.29) is 24.8 Å². The van der Waals surface area contributed by atoms with E-state index in [1.165, 1.54) is 21.8 Å². The third kappa shape index (κ3) is 6.39. The molecule has 0 atom stereocenters. The molecule has 0 radical (unpaired) electrons. The van der Waals surface area contributed by atoms with Gasteiger partial charge in [0.05, 0.1) is 18.7 Å². The number of amides is 2. The Labute approximate surface area is 186 Å². The number of aryl methyl sites for hydroxylation is 2. The van der Waals surface area contributed by atoms with Crippen LogP contribution in [0.3, 0.4) is 0 Å². The number of nitrogens with zero attached hydrogens (tertiary/aromatic N) is 2. The second-order valence-corrected chi connectivity index (χ2v) is 8.50. The van der Waals surface area contributed by atoms with Crippen LogP contribution < -0.4 is 10.1 Å². The summed E-state index contributed by atoms with van der Waals surface area (Å²) in [5.41, 5.74) is 4.75. The summed E-state index contributed by atoms with van der Waals surface area (Å²) in [5, 5.41) is 5.54. The van der Waals surface area contributed by atoms with Crippen molar-refractivity contribution >= 4 is 28.8 Å². The van der Waals surface area contributed by atoms with Gasteiger partial charge in [-0.15, -0.1) is 11.3 Å². The van der Waals surface area contributed by atoms with Gasteiger partial charge in [-0.2, -0.15) is 0 Å². The maximum Gasteiger partial charge on any atom is 0.243 e. The van der Waals surface area contributed by atoms with Gasteiger partial charge in [0.2, 0.25) is 11.8 Å². The first kappa shape index (κ1) is 22.5. The maximum atomic E-state index is 12.5. The zero-order chi connectivity index (χ0) is 22.4. The van der Waals surface area contributed by atoms with Gasteiger partial charge in [-0.05, 0) is 50.1 Å². The fraction of sp³-hybridized carbons (Fsp3) is 0.292. The smallest absolute Gasteiger partial charge is 0.243 e. The lowest BCUT2D eigenvalue weighted by molar-refractivity contribution is -0.132. The molecule has 3 aromatic rings.